The van der Waals surface area contributed by atoms with Gasteiger partial charge in [-0.3, -0.25) is 0 Å². The first-order valence-electron chi connectivity index (χ1n) is 4.85. The van der Waals surface area contributed by atoms with Gasteiger partial charge < -0.3 is 9.40 Å². The molecule has 0 aliphatic carbocycles. The first-order valence-corrected chi connectivity index (χ1v) is 5.64. The number of nitrogens with zero attached hydrogens (tertiary/aromatic N) is 2. The van der Waals surface area contributed by atoms with E-state index < -0.39 is 5.76 Å². The van der Waals surface area contributed by atoms with Crippen LogP contribution in [0.15, 0.2) is 25.9 Å². The third kappa shape index (κ3) is 1.59. The van der Waals surface area contributed by atoms with Crippen molar-refractivity contribution in [1.29, 1.82) is 0 Å². The number of pyridine rings is 1. The quantitative estimate of drug-likeness (QED) is 0.718. The van der Waals surface area contributed by atoms with Gasteiger partial charge in [-0.2, -0.15) is 0 Å². The second kappa shape index (κ2) is 3.56. The molecule has 0 aliphatic heterocycles. The first-order chi connectivity index (χ1) is 8.15. The molecule has 86 valence electrons. The Morgan fingerprint density at radius 3 is 3.00 bits per heavy atom. The smallest absolute Gasteiger partial charge is 0.388 e. The topological polar surface area (TPSA) is 87.6 Å². The van der Waals surface area contributed by atoms with Gasteiger partial charge in [0.1, 0.15) is 5.65 Å². The number of rotatable bonds is 1. The van der Waals surface area contributed by atoms with Crippen LogP contribution in [0.3, 0.4) is 0 Å². The molecular weight excluding hydrogens is 288 g/mol. The summed E-state index contributed by atoms with van der Waals surface area (Å²) < 4.78 is 5.81. The second-order valence-corrected chi connectivity index (χ2v) is 4.43. The van der Waals surface area contributed by atoms with Crippen LogP contribution in [-0.2, 0) is 0 Å². The monoisotopic (exact) mass is 294 g/mol. The summed E-state index contributed by atoms with van der Waals surface area (Å²) in [6.07, 6.45) is 1.71. The number of halogens is 1. The largest absolute Gasteiger partial charge is 0.434 e. The van der Waals surface area contributed by atoms with Gasteiger partial charge >= 0.3 is 5.76 Å². The molecule has 0 fully saturated rings. The Labute approximate surface area is 103 Å². The molecule has 0 saturated carbocycles. The van der Waals surface area contributed by atoms with E-state index in [0.717, 1.165) is 21.2 Å². The Hall–Kier alpha value is -1.89. The predicted octanol–water partition coefficient (Wildman–Crippen LogP) is 1.98. The van der Waals surface area contributed by atoms with Crippen molar-refractivity contribution in [3.63, 3.8) is 0 Å². The Morgan fingerprint density at radius 2 is 2.29 bits per heavy atom. The fourth-order valence-corrected chi connectivity index (χ4v) is 1.95. The van der Waals surface area contributed by atoms with Gasteiger partial charge in [0.2, 0.25) is 0 Å². The number of hydrogen-bond donors (Lipinski definition) is 2. The molecule has 0 bridgehead atoms. The van der Waals surface area contributed by atoms with Crippen LogP contribution in [0.25, 0.3) is 22.5 Å². The zero-order valence-corrected chi connectivity index (χ0v) is 10.3. The minimum Gasteiger partial charge on any atom is -0.388 e. The SMILES string of the molecule is Cc1nc2[nH]cc(-c3n[nH]c(=O)o3)c2cc1Br. The lowest BCUT2D eigenvalue weighted by Crippen LogP contribution is -1.93. The molecular formula is C10H7BrN4O2. The van der Waals surface area contributed by atoms with Crippen molar-refractivity contribution in [3.05, 3.63) is 33.0 Å². The van der Waals surface area contributed by atoms with E-state index in [4.69, 9.17) is 4.42 Å². The molecule has 0 radical (unpaired) electrons. The molecule has 0 saturated heterocycles. The molecule has 0 spiro atoms. The van der Waals surface area contributed by atoms with E-state index in [-0.39, 0.29) is 5.89 Å². The minimum absolute atomic E-state index is 0.249. The molecule has 0 amide bonds. The van der Waals surface area contributed by atoms with E-state index in [9.17, 15) is 4.79 Å². The first kappa shape index (κ1) is 10.3. The summed E-state index contributed by atoms with van der Waals surface area (Å²) in [4.78, 5) is 18.3. The highest BCUT2D eigenvalue weighted by molar-refractivity contribution is 9.10. The Kier molecular flexibility index (Phi) is 2.15. The number of aromatic nitrogens is 4. The van der Waals surface area contributed by atoms with Crippen LogP contribution in [-0.4, -0.2) is 20.2 Å². The summed E-state index contributed by atoms with van der Waals surface area (Å²) in [6, 6.07) is 1.91. The van der Waals surface area contributed by atoms with Crippen molar-refractivity contribution in [2.24, 2.45) is 0 Å². The van der Waals surface area contributed by atoms with Crippen molar-refractivity contribution >= 4 is 27.0 Å². The van der Waals surface area contributed by atoms with Crippen LogP contribution in [0, 0.1) is 6.92 Å². The number of aryl methyl sites for hydroxylation is 1. The maximum absolute atomic E-state index is 10.9. The lowest BCUT2D eigenvalue weighted by atomic mass is 10.2. The van der Waals surface area contributed by atoms with Gasteiger partial charge in [-0.1, -0.05) is 0 Å². The Bertz CT molecular complexity index is 755. The van der Waals surface area contributed by atoms with Crippen molar-refractivity contribution in [2.45, 2.75) is 6.92 Å². The van der Waals surface area contributed by atoms with Crippen LogP contribution >= 0.6 is 15.9 Å². The highest BCUT2D eigenvalue weighted by atomic mass is 79.9. The molecule has 2 N–H and O–H groups in total. The van der Waals surface area contributed by atoms with Crippen molar-refractivity contribution < 1.29 is 4.42 Å². The molecule has 6 nitrogen and oxygen atoms in total. The molecule has 3 heterocycles. The van der Waals surface area contributed by atoms with Gasteiger partial charge in [-0.15, -0.1) is 5.10 Å². The van der Waals surface area contributed by atoms with Crippen LogP contribution in [0.2, 0.25) is 0 Å². The normalized spacial score (nSPS) is 11.2. The molecule has 3 rings (SSSR count). The summed E-state index contributed by atoms with van der Waals surface area (Å²) in [5.41, 5.74) is 2.31. The van der Waals surface area contributed by atoms with Gasteiger partial charge in [0.25, 0.3) is 5.89 Å². The fraction of sp³-hybridized carbons (Fsp3) is 0.100. The summed E-state index contributed by atoms with van der Waals surface area (Å²) in [5, 5.41) is 6.87. The zero-order chi connectivity index (χ0) is 12.0. The standard InChI is InChI=1S/C10H7BrN4O2/c1-4-7(11)2-5-6(3-12-8(5)13-4)9-14-15-10(16)17-9/h2-3H,1H3,(H,12,13)(H,15,16). The molecule has 3 aromatic rings. The molecule has 7 heteroatoms. The van der Waals surface area contributed by atoms with E-state index in [1.165, 1.54) is 0 Å². The van der Waals surface area contributed by atoms with E-state index in [1.54, 1.807) is 6.20 Å². The third-order valence-corrected chi connectivity index (χ3v) is 3.27. The van der Waals surface area contributed by atoms with E-state index in [1.807, 2.05) is 13.0 Å². The highest BCUT2D eigenvalue weighted by Crippen LogP contribution is 2.28. The molecule has 0 aliphatic rings. The average molecular weight is 295 g/mol. The lowest BCUT2D eigenvalue weighted by molar-refractivity contribution is 0.527. The van der Waals surface area contributed by atoms with Crippen molar-refractivity contribution in [2.75, 3.05) is 0 Å². The number of fused-ring (bicyclic) bond motifs is 1. The molecule has 0 unspecified atom stereocenters. The number of nitrogens with one attached hydrogen (secondary N) is 2. The summed E-state index contributed by atoms with van der Waals surface area (Å²) >= 11 is 3.42. The van der Waals surface area contributed by atoms with Crippen LogP contribution < -0.4 is 5.76 Å². The Balaban J connectivity index is 2.31. The maximum Gasteiger partial charge on any atom is 0.434 e. The predicted molar refractivity (Wildman–Crippen MR) is 64.6 cm³/mol. The number of hydrogen-bond acceptors (Lipinski definition) is 4. The van der Waals surface area contributed by atoms with Gasteiger partial charge in [-0.05, 0) is 28.9 Å². The van der Waals surface area contributed by atoms with E-state index >= 15 is 0 Å². The van der Waals surface area contributed by atoms with Crippen LogP contribution in [0.5, 0.6) is 0 Å². The Morgan fingerprint density at radius 1 is 1.47 bits per heavy atom. The zero-order valence-electron chi connectivity index (χ0n) is 8.74. The molecule has 3 aromatic heterocycles. The second-order valence-electron chi connectivity index (χ2n) is 3.57. The number of H-pyrrole nitrogens is 2. The van der Waals surface area contributed by atoms with Gasteiger partial charge in [0, 0.05) is 16.1 Å². The molecule has 0 aromatic carbocycles. The van der Waals surface area contributed by atoms with E-state index in [2.05, 4.69) is 36.1 Å². The van der Waals surface area contributed by atoms with Gasteiger partial charge in [0.15, 0.2) is 0 Å². The number of aromatic amines is 2. The third-order valence-electron chi connectivity index (χ3n) is 2.46. The molecule has 17 heavy (non-hydrogen) atoms. The summed E-state index contributed by atoms with van der Waals surface area (Å²) in [7, 11) is 0. The van der Waals surface area contributed by atoms with Crippen LogP contribution in [0.4, 0.5) is 0 Å². The minimum atomic E-state index is -0.575. The van der Waals surface area contributed by atoms with Gasteiger partial charge in [0.05, 0.1) is 11.3 Å². The summed E-state index contributed by atoms with van der Waals surface area (Å²) in [5.74, 6) is -0.327. The van der Waals surface area contributed by atoms with Crippen LogP contribution in [0.1, 0.15) is 5.69 Å². The highest BCUT2D eigenvalue weighted by Gasteiger charge is 2.13. The van der Waals surface area contributed by atoms with E-state index in [0.29, 0.717) is 5.56 Å². The average Bonchev–Trinajstić information content (AvgIpc) is 2.86. The van der Waals surface area contributed by atoms with Crippen molar-refractivity contribution in [1.82, 2.24) is 20.2 Å². The lowest BCUT2D eigenvalue weighted by Gasteiger charge is -1.97. The van der Waals surface area contributed by atoms with Crippen molar-refractivity contribution in [3.8, 4) is 11.5 Å². The van der Waals surface area contributed by atoms with Gasteiger partial charge in [-0.25, -0.2) is 14.9 Å². The molecule has 0 atom stereocenters. The maximum atomic E-state index is 10.9. The summed E-state index contributed by atoms with van der Waals surface area (Å²) in [6.45, 7) is 1.90. The fourth-order valence-electron chi connectivity index (χ4n) is 1.64.